The summed E-state index contributed by atoms with van der Waals surface area (Å²) in [6.07, 6.45) is -1.94. The number of alkyl halides is 3. The second kappa shape index (κ2) is 6.98. The average Bonchev–Trinajstić information content (AvgIpc) is 2.66. The molecule has 0 spiro atoms. The van der Waals surface area contributed by atoms with Crippen molar-refractivity contribution in [2.45, 2.75) is 37.9 Å². The van der Waals surface area contributed by atoms with Gasteiger partial charge in [0.15, 0.2) is 0 Å². The van der Waals surface area contributed by atoms with E-state index in [0.717, 1.165) is 31.2 Å². The van der Waals surface area contributed by atoms with E-state index in [1.54, 1.807) is 31.3 Å². The van der Waals surface area contributed by atoms with Gasteiger partial charge in [0.25, 0.3) is 0 Å². The summed E-state index contributed by atoms with van der Waals surface area (Å²) in [4.78, 5) is 15.0. The molecule has 3 N–H and O–H groups in total. The lowest BCUT2D eigenvalue weighted by Crippen LogP contribution is -2.50. The standard InChI is InChI=1S/C20H23F3N6/c1-12-9-25-5-6-29(12)18-27-10-13-3-4-14(7-15(13)28-18)19(2)8-17(24)26-11-16(19)20(21,22)23/h3-4,7,10-12,25H,5-6,8-9H2,1-2H3,(H2,24,26)/t12-,19?/m0/s1. The number of anilines is 1. The number of aromatic nitrogens is 2. The van der Waals surface area contributed by atoms with Crippen molar-refractivity contribution in [3.63, 3.8) is 0 Å². The number of amidine groups is 1. The number of allylic oxidation sites excluding steroid dienone is 1. The second-order valence-electron chi connectivity index (χ2n) is 7.86. The number of hydrogen-bond donors (Lipinski definition) is 2. The van der Waals surface area contributed by atoms with E-state index >= 15 is 0 Å². The molecule has 3 heterocycles. The van der Waals surface area contributed by atoms with Crippen molar-refractivity contribution < 1.29 is 13.2 Å². The van der Waals surface area contributed by atoms with Gasteiger partial charge in [0.2, 0.25) is 5.95 Å². The van der Waals surface area contributed by atoms with Gasteiger partial charge in [0.05, 0.1) is 11.1 Å². The van der Waals surface area contributed by atoms with Crippen LogP contribution in [0.4, 0.5) is 19.1 Å². The van der Waals surface area contributed by atoms with Crippen molar-refractivity contribution in [1.82, 2.24) is 15.3 Å². The Morgan fingerprint density at radius 3 is 2.83 bits per heavy atom. The number of benzene rings is 1. The van der Waals surface area contributed by atoms with E-state index in [1.165, 1.54) is 0 Å². The van der Waals surface area contributed by atoms with Gasteiger partial charge in [-0.05, 0) is 18.6 Å². The van der Waals surface area contributed by atoms with Gasteiger partial charge in [-0.3, -0.25) is 0 Å². The zero-order valence-corrected chi connectivity index (χ0v) is 16.3. The lowest BCUT2D eigenvalue weighted by Gasteiger charge is -2.36. The van der Waals surface area contributed by atoms with Crippen LogP contribution in [-0.4, -0.2) is 47.7 Å². The minimum Gasteiger partial charge on any atom is -0.387 e. The maximum atomic E-state index is 13.7. The fraction of sp³-hybridized carbons (Fsp3) is 0.450. The van der Waals surface area contributed by atoms with Crippen molar-refractivity contribution in [3.8, 4) is 0 Å². The zero-order valence-electron chi connectivity index (χ0n) is 16.3. The third-order valence-corrected chi connectivity index (χ3v) is 5.76. The summed E-state index contributed by atoms with van der Waals surface area (Å²) in [6.45, 7) is 6.08. The number of rotatable bonds is 2. The van der Waals surface area contributed by atoms with Crippen LogP contribution in [0.2, 0.25) is 0 Å². The number of nitrogens with zero attached hydrogens (tertiary/aromatic N) is 4. The Morgan fingerprint density at radius 2 is 2.10 bits per heavy atom. The highest BCUT2D eigenvalue weighted by Gasteiger charge is 2.48. The van der Waals surface area contributed by atoms with Crippen LogP contribution in [0, 0.1) is 0 Å². The highest BCUT2D eigenvalue weighted by Crippen LogP contribution is 2.46. The molecule has 1 saturated heterocycles. The van der Waals surface area contributed by atoms with Gasteiger partial charge in [-0.25, -0.2) is 15.0 Å². The Hall–Kier alpha value is -2.68. The third kappa shape index (κ3) is 3.55. The van der Waals surface area contributed by atoms with Gasteiger partial charge in [0.1, 0.15) is 5.84 Å². The molecule has 2 aliphatic heterocycles. The lowest BCUT2D eigenvalue weighted by molar-refractivity contribution is -0.101. The molecule has 2 atom stereocenters. The Bertz CT molecular complexity index is 999. The molecule has 1 unspecified atom stereocenters. The van der Waals surface area contributed by atoms with Crippen LogP contribution < -0.4 is 16.0 Å². The van der Waals surface area contributed by atoms with E-state index in [0.29, 0.717) is 17.0 Å². The van der Waals surface area contributed by atoms with Crippen molar-refractivity contribution in [1.29, 1.82) is 0 Å². The number of fused-ring (bicyclic) bond motifs is 1. The van der Waals surface area contributed by atoms with E-state index in [1.807, 2.05) is 0 Å². The van der Waals surface area contributed by atoms with Gasteiger partial charge in [-0.15, -0.1) is 0 Å². The van der Waals surface area contributed by atoms with Crippen LogP contribution in [0.5, 0.6) is 0 Å². The molecule has 154 valence electrons. The number of nitrogens with two attached hydrogens (primary N) is 1. The first-order valence-electron chi connectivity index (χ1n) is 9.53. The molecule has 1 aromatic carbocycles. The molecule has 0 amide bonds. The average molecular weight is 404 g/mol. The van der Waals surface area contributed by atoms with E-state index < -0.39 is 17.2 Å². The monoisotopic (exact) mass is 404 g/mol. The first-order valence-corrected chi connectivity index (χ1v) is 9.53. The number of nitrogens with one attached hydrogen (secondary N) is 1. The van der Waals surface area contributed by atoms with Crippen molar-refractivity contribution >= 4 is 22.7 Å². The molecule has 9 heteroatoms. The Kier molecular flexibility index (Phi) is 4.72. The van der Waals surface area contributed by atoms with Crippen LogP contribution >= 0.6 is 0 Å². The summed E-state index contributed by atoms with van der Waals surface area (Å²) in [5.74, 6) is 0.767. The summed E-state index contributed by atoms with van der Waals surface area (Å²) >= 11 is 0. The van der Waals surface area contributed by atoms with Gasteiger partial charge >= 0.3 is 6.18 Å². The number of halogens is 3. The minimum atomic E-state index is -4.50. The maximum absolute atomic E-state index is 13.7. The summed E-state index contributed by atoms with van der Waals surface area (Å²) in [5.41, 5.74) is 4.89. The first-order chi connectivity index (χ1) is 13.7. The predicted octanol–water partition coefficient (Wildman–Crippen LogP) is 2.89. The molecular weight excluding hydrogens is 381 g/mol. The molecule has 1 fully saturated rings. The zero-order chi connectivity index (χ0) is 20.8. The fourth-order valence-corrected chi connectivity index (χ4v) is 4.07. The summed E-state index contributed by atoms with van der Waals surface area (Å²) in [5, 5.41) is 4.10. The van der Waals surface area contributed by atoms with Crippen LogP contribution in [0.15, 0.2) is 41.2 Å². The van der Waals surface area contributed by atoms with Crippen LogP contribution in [-0.2, 0) is 5.41 Å². The minimum absolute atomic E-state index is 0.00335. The summed E-state index contributed by atoms with van der Waals surface area (Å²) in [6, 6.07) is 5.40. The van der Waals surface area contributed by atoms with Gasteiger partial charge < -0.3 is 16.0 Å². The molecule has 0 saturated carbocycles. The van der Waals surface area contributed by atoms with Gasteiger partial charge in [0, 0.05) is 55.3 Å². The number of piperazine rings is 1. The predicted molar refractivity (Wildman–Crippen MR) is 107 cm³/mol. The van der Waals surface area contributed by atoms with E-state index in [2.05, 4.69) is 32.1 Å². The molecule has 4 rings (SSSR count). The second-order valence-corrected chi connectivity index (χ2v) is 7.86. The Morgan fingerprint density at radius 1 is 1.31 bits per heavy atom. The van der Waals surface area contributed by atoms with Crippen LogP contribution in [0.1, 0.15) is 25.8 Å². The molecular formula is C20H23F3N6. The molecule has 6 nitrogen and oxygen atoms in total. The summed E-state index contributed by atoms with van der Waals surface area (Å²) in [7, 11) is 0. The van der Waals surface area contributed by atoms with E-state index in [-0.39, 0.29) is 18.3 Å². The van der Waals surface area contributed by atoms with E-state index in [4.69, 9.17) is 5.73 Å². The first kappa shape index (κ1) is 19.6. The van der Waals surface area contributed by atoms with Gasteiger partial charge in [-0.2, -0.15) is 13.2 Å². The third-order valence-electron chi connectivity index (χ3n) is 5.76. The van der Waals surface area contributed by atoms with Crippen LogP contribution in [0.3, 0.4) is 0 Å². The highest BCUT2D eigenvalue weighted by atomic mass is 19.4. The topological polar surface area (TPSA) is 79.4 Å². The SMILES string of the molecule is C[C@H]1CNCCN1c1ncc2ccc(C3(C)CC(N)=NC=C3C(F)(F)F)cc2n1. The smallest absolute Gasteiger partial charge is 0.387 e. The van der Waals surface area contributed by atoms with Crippen molar-refractivity contribution in [2.75, 3.05) is 24.5 Å². The number of hydrogen-bond acceptors (Lipinski definition) is 6. The number of aliphatic imine (C=N–C) groups is 1. The molecule has 0 radical (unpaired) electrons. The highest BCUT2D eigenvalue weighted by molar-refractivity contribution is 5.85. The van der Waals surface area contributed by atoms with Crippen LogP contribution in [0.25, 0.3) is 10.9 Å². The summed E-state index contributed by atoms with van der Waals surface area (Å²) < 4.78 is 41.1. The van der Waals surface area contributed by atoms with Crippen molar-refractivity contribution in [3.05, 3.63) is 41.7 Å². The molecule has 1 aromatic heterocycles. The van der Waals surface area contributed by atoms with Crippen molar-refractivity contribution in [2.24, 2.45) is 10.7 Å². The lowest BCUT2D eigenvalue weighted by atomic mass is 9.72. The van der Waals surface area contributed by atoms with E-state index in [9.17, 15) is 13.2 Å². The fourth-order valence-electron chi connectivity index (χ4n) is 4.07. The largest absolute Gasteiger partial charge is 0.415 e. The van der Waals surface area contributed by atoms with Gasteiger partial charge in [-0.1, -0.05) is 19.1 Å². The Labute approximate surface area is 166 Å². The molecule has 2 aliphatic rings. The molecule has 2 aromatic rings. The maximum Gasteiger partial charge on any atom is 0.415 e. The normalized spacial score (nSPS) is 25.7. The molecule has 29 heavy (non-hydrogen) atoms. The molecule has 0 aliphatic carbocycles. The quantitative estimate of drug-likeness (QED) is 0.805. The molecule has 0 bridgehead atoms. The Balaban J connectivity index is 1.78.